The van der Waals surface area contributed by atoms with Crippen LogP contribution in [-0.4, -0.2) is 44.4 Å². The Bertz CT molecular complexity index is 478. The van der Waals surface area contributed by atoms with Crippen molar-refractivity contribution in [1.82, 2.24) is 21.3 Å². The molecular weight excluding hydrogens is 292 g/mol. The van der Waals surface area contributed by atoms with E-state index in [1.807, 2.05) is 18.2 Å². The van der Waals surface area contributed by atoms with Crippen molar-refractivity contribution in [3.05, 3.63) is 47.1 Å². The smallest absolute Gasteiger partial charge is 0.118 e. The number of hydrogen-bond acceptors (Lipinski definition) is 6. The predicted molar refractivity (Wildman–Crippen MR) is 92.3 cm³/mol. The van der Waals surface area contributed by atoms with E-state index in [0.29, 0.717) is 18.8 Å². The highest BCUT2D eigenvalue weighted by atomic mass is 16.3. The number of aliphatic hydroxyl groups excluding tert-OH is 1. The summed E-state index contributed by atoms with van der Waals surface area (Å²) in [4.78, 5) is 0. The number of furan rings is 1. The van der Waals surface area contributed by atoms with Crippen molar-refractivity contribution in [2.24, 2.45) is 0 Å². The fraction of sp³-hybridized carbons (Fsp3) is 0.529. The summed E-state index contributed by atoms with van der Waals surface area (Å²) in [5.74, 6) is 2.25. The zero-order valence-corrected chi connectivity index (χ0v) is 13.8. The van der Waals surface area contributed by atoms with Crippen LogP contribution in [0.15, 0.2) is 40.0 Å². The number of fused-ring (bicyclic) bond motifs is 2. The molecule has 0 unspecified atom stereocenters. The van der Waals surface area contributed by atoms with E-state index in [4.69, 9.17) is 4.42 Å². The van der Waals surface area contributed by atoms with E-state index in [1.165, 1.54) is 5.57 Å². The largest absolute Gasteiger partial charge is 0.511 e. The monoisotopic (exact) mass is 320 g/mol. The van der Waals surface area contributed by atoms with Gasteiger partial charge in [0.2, 0.25) is 0 Å². The summed E-state index contributed by atoms with van der Waals surface area (Å²) in [6.07, 6.45) is 3.71. The lowest BCUT2D eigenvalue weighted by Gasteiger charge is -2.06. The quantitative estimate of drug-likeness (QED) is 0.491. The van der Waals surface area contributed by atoms with Gasteiger partial charge in [-0.1, -0.05) is 11.6 Å². The molecule has 0 spiro atoms. The van der Waals surface area contributed by atoms with E-state index in [9.17, 15) is 5.11 Å². The van der Waals surface area contributed by atoms with Gasteiger partial charge in [-0.15, -0.1) is 0 Å². The van der Waals surface area contributed by atoms with E-state index >= 15 is 0 Å². The average molecular weight is 320 g/mol. The summed E-state index contributed by atoms with van der Waals surface area (Å²) in [6.45, 7) is 8.18. The van der Waals surface area contributed by atoms with Gasteiger partial charge in [-0.2, -0.15) is 0 Å². The standard InChI is InChI=1S/C17H28N4O2/c1-14-2-3-15(22)11-19-7-9-21-13-17-5-4-16(23-17)12-20-8-6-18-10-14/h2-5,18-22H,6-13H2,1H3/b14-2+,15-3-. The first-order valence-electron chi connectivity index (χ1n) is 8.20. The molecule has 1 aliphatic heterocycles. The first kappa shape index (κ1) is 17.7. The minimum atomic E-state index is 0.347. The number of nitrogens with one attached hydrogen (secondary N) is 4. The second kappa shape index (κ2) is 10.2. The van der Waals surface area contributed by atoms with Gasteiger partial charge in [0.15, 0.2) is 0 Å². The summed E-state index contributed by atoms with van der Waals surface area (Å²) in [7, 11) is 0. The lowest BCUT2D eigenvalue weighted by molar-refractivity contribution is 0.387. The zero-order valence-electron chi connectivity index (χ0n) is 13.8. The number of aliphatic hydroxyl groups is 1. The minimum absolute atomic E-state index is 0.347. The summed E-state index contributed by atoms with van der Waals surface area (Å²) in [5, 5.41) is 23.0. The third-order valence-electron chi connectivity index (χ3n) is 3.54. The molecule has 5 N–H and O–H groups in total. The minimum Gasteiger partial charge on any atom is -0.511 e. The third-order valence-corrected chi connectivity index (χ3v) is 3.54. The van der Waals surface area contributed by atoms with E-state index in [1.54, 1.807) is 6.08 Å². The molecule has 0 saturated heterocycles. The SMILES string of the molecule is C/C1=C\C=C(/O)CNCCNCc2ccc(o2)CNCCNC1. The van der Waals surface area contributed by atoms with E-state index in [-0.39, 0.29) is 0 Å². The van der Waals surface area contributed by atoms with Crippen LogP contribution in [-0.2, 0) is 13.1 Å². The van der Waals surface area contributed by atoms with Gasteiger partial charge in [0.1, 0.15) is 17.3 Å². The van der Waals surface area contributed by atoms with Crippen LogP contribution in [0.3, 0.4) is 0 Å². The van der Waals surface area contributed by atoms with Crippen LogP contribution in [0.4, 0.5) is 0 Å². The fourth-order valence-electron chi connectivity index (χ4n) is 2.25. The summed E-state index contributed by atoms with van der Waals surface area (Å²) in [6, 6.07) is 4.03. The molecule has 2 heterocycles. The lowest BCUT2D eigenvalue weighted by atomic mass is 10.2. The zero-order chi connectivity index (χ0) is 16.3. The molecule has 0 amide bonds. The van der Waals surface area contributed by atoms with Crippen LogP contribution in [0.5, 0.6) is 0 Å². The number of hydrogen-bond donors (Lipinski definition) is 5. The maximum Gasteiger partial charge on any atom is 0.118 e. The second-order valence-corrected chi connectivity index (χ2v) is 5.75. The van der Waals surface area contributed by atoms with Crippen molar-refractivity contribution < 1.29 is 9.52 Å². The van der Waals surface area contributed by atoms with Gasteiger partial charge >= 0.3 is 0 Å². The summed E-state index contributed by atoms with van der Waals surface area (Å²) in [5.41, 5.74) is 1.19. The second-order valence-electron chi connectivity index (χ2n) is 5.75. The normalized spacial score (nSPS) is 24.4. The van der Waals surface area contributed by atoms with Gasteiger partial charge in [0, 0.05) is 32.7 Å². The van der Waals surface area contributed by atoms with Gasteiger partial charge in [0.05, 0.1) is 19.6 Å². The van der Waals surface area contributed by atoms with E-state index in [2.05, 4.69) is 28.2 Å². The molecule has 0 aromatic carbocycles. The first-order chi connectivity index (χ1) is 11.2. The van der Waals surface area contributed by atoms with Crippen molar-refractivity contribution in [2.45, 2.75) is 20.0 Å². The topological polar surface area (TPSA) is 81.5 Å². The molecule has 6 nitrogen and oxygen atoms in total. The molecule has 1 aromatic heterocycles. The summed E-state index contributed by atoms with van der Waals surface area (Å²) < 4.78 is 5.76. The Labute approximate surface area is 138 Å². The maximum atomic E-state index is 9.81. The molecule has 0 fully saturated rings. The maximum absolute atomic E-state index is 9.81. The predicted octanol–water partition coefficient (Wildman–Crippen LogP) is 1.04. The van der Waals surface area contributed by atoms with Crippen LogP contribution in [0.2, 0.25) is 0 Å². The van der Waals surface area contributed by atoms with Crippen molar-refractivity contribution >= 4 is 0 Å². The fourth-order valence-corrected chi connectivity index (χ4v) is 2.25. The van der Waals surface area contributed by atoms with Gasteiger partial charge in [0.25, 0.3) is 0 Å². The Morgan fingerprint density at radius 3 is 1.91 bits per heavy atom. The van der Waals surface area contributed by atoms with E-state index < -0.39 is 0 Å². The summed E-state index contributed by atoms with van der Waals surface area (Å²) >= 11 is 0. The number of allylic oxidation sites excluding steroid dienone is 2. The Morgan fingerprint density at radius 2 is 1.30 bits per heavy atom. The van der Waals surface area contributed by atoms with Crippen LogP contribution >= 0.6 is 0 Å². The van der Waals surface area contributed by atoms with Gasteiger partial charge in [-0.3, -0.25) is 0 Å². The molecule has 0 aliphatic carbocycles. The molecule has 2 bridgehead atoms. The van der Waals surface area contributed by atoms with Crippen LogP contribution in [0, 0.1) is 0 Å². The highest BCUT2D eigenvalue weighted by molar-refractivity contribution is 5.14. The van der Waals surface area contributed by atoms with Crippen LogP contribution < -0.4 is 21.3 Å². The van der Waals surface area contributed by atoms with Crippen LogP contribution in [0.1, 0.15) is 18.4 Å². The molecular formula is C17H28N4O2. The highest BCUT2D eigenvalue weighted by Gasteiger charge is 2.02. The van der Waals surface area contributed by atoms with Gasteiger partial charge in [-0.05, 0) is 25.1 Å². The lowest BCUT2D eigenvalue weighted by Crippen LogP contribution is -2.28. The average Bonchev–Trinajstić information content (AvgIpc) is 2.99. The molecule has 6 heteroatoms. The Morgan fingerprint density at radius 1 is 0.783 bits per heavy atom. The molecule has 1 aromatic rings. The molecule has 23 heavy (non-hydrogen) atoms. The van der Waals surface area contributed by atoms with Gasteiger partial charge in [-0.25, -0.2) is 0 Å². The van der Waals surface area contributed by atoms with Crippen molar-refractivity contribution in [2.75, 3.05) is 39.3 Å². The highest BCUT2D eigenvalue weighted by Crippen LogP contribution is 2.07. The van der Waals surface area contributed by atoms with Crippen molar-refractivity contribution in [3.8, 4) is 0 Å². The van der Waals surface area contributed by atoms with Crippen molar-refractivity contribution in [3.63, 3.8) is 0 Å². The molecule has 128 valence electrons. The Balaban J connectivity index is 1.86. The molecule has 1 aliphatic rings. The van der Waals surface area contributed by atoms with E-state index in [0.717, 1.165) is 50.8 Å². The molecule has 0 atom stereocenters. The molecule has 0 radical (unpaired) electrons. The Kier molecular flexibility index (Phi) is 7.89. The number of rotatable bonds is 0. The van der Waals surface area contributed by atoms with Crippen molar-refractivity contribution in [1.29, 1.82) is 0 Å². The van der Waals surface area contributed by atoms with Crippen LogP contribution in [0.25, 0.3) is 0 Å². The molecule has 0 saturated carbocycles. The molecule has 2 rings (SSSR count). The van der Waals surface area contributed by atoms with Gasteiger partial charge < -0.3 is 30.8 Å². The Hall–Kier alpha value is -1.60. The first-order valence-corrected chi connectivity index (χ1v) is 8.20. The third kappa shape index (κ3) is 7.47.